The topological polar surface area (TPSA) is 141 Å². The lowest BCUT2D eigenvalue weighted by Crippen LogP contribution is -2.33. The van der Waals surface area contributed by atoms with Gasteiger partial charge in [-0.1, -0.05) is 60.7 Å². The number of anilines is 1. The first-order valence-corrected chi connectivity index (χ1v) is 12.2. The fraction of sp³-hybridized carbons (Fsp3) is 0.333. The Morgan fingerprint density at radius 2 is 1.68 bits per heavy atom. The Balaban J connectivity index is 1.52. The summed E-state index contributed by atoms with van der Waals surface area (Å²) in [4.78, 5) is 25.7. The van der Waals surface area contributed by atoms with Crippen molar-refractivity contribution in [2.45, 2.75) is 30.5 Å². The van der Waals surface area contributed by atoms with Crippen LogP contribution in [-0.2, 0) is 14.2 Å². The number of aromatic nitrogens is 4. The molecule has 1 saturated heterocycles. The van der Waals surface area contributed by atoms with E-state index in [2.05, 4.69) is 44.5 Å². The van der Waals surface area contributed by atoms with Gasteiger partial charge in [0.1, 0.15) is 18.3 Å². The van der Waals surface area contributed by atoms with Gasteiger partial charge in [0, 0.05) is 19.6 Å². The van der Waals surface area contributed by atoms with Crippen LogP contribution in [0, 0.1) is 0 Å². The summed E-state index contributed by atoms with van der Waals surface area (Å²) in [6.07, 6.45) is -2.73. The maximum atomic E-state index is 12.5. The highest BCUT2D eigenvalue weighted by atomic mass is 16.6. The van der Waals surface area contributed by atoms with Gasteiger partial charge in [-0.15, -0.1) is 0 Å². The Hall–Kier alpha value is -3.90. The van der Waals surface area contributed by atoms with Crippen LogP contribution in [0.3, 0.4) is 0 Å². The Kier molecular flexibility index (Phi) is 7.61. The lowest BCUT2D eigenvalue weighted by Gasteiger charge is -2.20. The molecule has 0 radical (unpaired) electrons. The average Bonchev–Trinajstić information content (AvgIpc) is 3.50. The molecule has 2 aromatic carbocycles. The fourth-order valence-corrected chi connectivity index (χ4v) is 4.67. The number of hydrogen-bond donors (Lipinski definition) is 3. The highest BCUT2D eigenvalue weighted by molar-refractivity contribution is 5.91. The summed E-state index contributed by atoms with van der Waals surface area (Å²) in [6, 6.07) is 20.1. The van der Waals surface area contributed by atoms with Gasteiger partial charge in [0.15, 0.2) is 23.2 Å². The molecule has 0 bridgehead atoms. The summed E-state index contributed by atoms with van der Waals surface area (Å²) in [5, 5.41) is 24.4. The van der Waals surface area contributed by atoms with Gasteiger partial charge in [0.2, 0.25) is 5.82 Å². The maximum Gasteiger partial charge on any atom is 0.376 e. The Bertz CT molecular complexity index is 1340. The van der Waals surface area contributed by atoms with Crippen LogP contribution in [-0.4, -0.2) is 81.4 Å². The number of imidazole rings is 1. The minimum absolute atomic E-state index is 0.0176. The minimum Gasteiger partial charge on any atom is -0.463 e. The van der Waals surface area contributed by atoms with Crippen molar-refractivity contribution in [2.75, 3.05) is 32.7 Å². The highest BCUT2D eigenvalue weighted by Gasteiger charge is 2.44. The Morgan fingerprint density at radius 3 is 2.29 bits per heavy atom. The van der Waals surface area contributed by atoms with E-state index in [0.29, 0.717) is 17.9 Å². The van der Waals surface area contributed by atoms with Gasteiger partial charge in [0.05, 0.1) is 20.0 Å². The molecule has 38 heavy (non-hydrogen) atoms. The van der Waals surface area contributed by atoms with Crippen LogP contribution in [0.5, 0.6) is 0 Å². The molecule has 11 heteroatoms. The summed E-state index contributed by atoms with van der Waals surface area (Å²) in [6.45, 7) is 0.543. The van der Waals surface area contributed by atoms with Gasteiger partial charge in [-0.05, 0) is 11.1 Å². The first-order chi connectivity index (χ1) is 18.5. The standard InChI is InChI=1S/C27H29N5O6/c1-36-14-19-21(33)22(34)26(38-19)32-15-29-20-23(30-24(27(35)37-2)31-25(20)32)28-13-18(16-9-5-3-6-10-16)17-11-7-4-8-12-17/h3-12,15,18-19,21-22,26,33-34H,13-14H2,1-2H3,(H,28,30,31)/t19-,21-,22-,26-/m1/s1. The van der Waals surface area contributed by atoms with E-state index < -0.39 is 30.5 Å². The monoisotopic (exact) mass is 519 g/mol. The van der Waals surface area contributed by atoms with Crippen molar-refractivity contribution in [3.63, 3.8) is 0 Å². The van der Waals surface area contributed by atoms with E-state index in [0.717, 1.165) is 11.1 Å². The summed E-state index contributed by atoms with van der Waals surface area (Å²) in [5.74, 6) is -0.597. The Labute approximate surface area is 219 Å². The van der Waals surface area contributed by atoms with Crippen LogP contribution < -0.4 is 5.32 Å². The highest BCUT2D eigenvalue weighted by Crippen LogP contribution is 2.33. The maximum absolute atomic E-state index is 12.5. The molecular formula is C27H29N5O6. The van der Waals surface area contributed by atoms with E-state index in [4.69, 9.17) is 14.2 Å². The normalized spacial score (nSPS) is 21.2. The summed E-state index contributed by atoms with van der Waals surface area (Å²) in [7, 11) is 2.73. The van der Waals surface area contributed by atoms with Crippen molar-refractivity contribution in [3.05, 3.63) is 83.9 Å². The van der Waals surface area contributed by atoms with E-state index >= 15 is 0 Å². The minimum atomic E-state index is -1.26. The molecule has 5 rings (SSSR count). The van der Waals surface area contributed by atoms with Gasteiger partial charge in [0.25, 0.3) is 0 Å². The van der Waals surface area contributed by atoms with E-state index in [1.807, 2.05) is 36.4 Å². The SMILES string of the molecule is COC[C@H]1O[C@@H](n2cnc3c(NCC(c4ccccc4)c4ccccc4)nc(C(=O)OC)nc32)[C@H](O)[C@@H]1O. The molecule has 1 aliphatic rings. The summed E-state index contributed by atoms with van der Waals surface area (Å²) in [5.41, 5.74) is 2.83. The molecule has 0 amide bonds. The molecule has 0 saturated carbocycles. The van der Waals surface area contributed by atoms with E-state index in [-0.39, 0.29) is 24.0 Å². The molecule has 0 aliphatic carbocycles. The number of aliphatic hydroxyl groups is 2. The Morgan fingerprint density at radius 1 is 1.03 bits per heavy atom. The number of nitrogens with one attached hydrogen (secondary N) is 1. The number of methoxy groups -OCH3 is 2. The molecule has 1 aliphatic heterocycles. The van der Waals surface area contributed by atoms with E-state index in [9.17, 15) is 15.0 Å². The number of aliphatic hydroxyl groups excluding tert-OH is 2. The molecule has 198 valence electrons. The van der Waals surface area contributed by atoms with Gasteiger partial charge in [-0.3, -0.25) is 4.57 Å². The van der Waals surface area contributed by atoms with Gasteiger partial charge in [-0.25, -0.2) is 19.7 Å². The third-order valence-corrected chi connectivity index (χ3v) is 6.61. The number of esters is 1. The van der Waals surface area contributed by atoms with Crippen molar-refractivity contribution >= 4 is 23.0 Å². The number of benzene rings is 2. The van der Waals surface area contributed by atoms with E-state index in [1.54, 1.807) is 0 Å². The van der Waals surface area contributed by atoms with Crippen molar-refractivity contribution in [2.24, 2.45) is 0 Å². The second kappa shape index (κ2) is 11.2. The number of nitrogens with zero attached hydrogens (tertiary/aromatic N) is 4. The molecule has 4 atom stereocenters. The number of rotatable bonds is 9. The quantitative estimate of drug-likeness (QED) is 0.282. The second-order valence-corrected chi connectivity index (χ2v) is 8.97. The third kappa shape index (κ3) is 4.96. The molecule has 1 fully saturated rings. The average molecular weight is 520 g/mol. The number of carbonyl (C=O) groups is 1. The van der Waals surface area contributed by atoms with Crippen molar-refractivity contribution in [1.82, 2.24) is 19.5 Å². The van der Waals surface area contributed by atoms with Crippen LogP contribution in [0.4, 0.5) is 5.82 Å². The molecule has 3 N–H and O–H groups in total. The van der Waals surface area contributed by atoms with Gasteiger partial charge < -0.3 is 29.7 Å². The first-order valence-electron chi connectivity index (χ1n) is 12.2. The van der Waals surface area contributed by atoms with Crippen LogP contribution in [0.1, 0.15) is 33.9 Å². The largest absolute Gasteiger partial charge is 0.463 e. The van der Waals surface area contributed by atoms with Gasteiger partial charge >= 0.3 is 5.97 Å². The van der Waals surface area contributed by atoms with Gasteiger partial charge in [-0.2, -0.15) is 0 Å². The molecule has 11 nitrogen and oxygen atoms in total. The van der Waals surface area contributed by atoms with Crippen LogP contribution in [0.15, 0.2) is 67.0 Å². The molecular weight excluding hydrogens is 490 g/mol. The number of ether oxygens (including phenoxy) is 3. The first kappa shape index (κ1) is 25.7. The number of hydrogen-bond acceptors (Lipinski definition) is 10. The summed E-state index contributed by atoms with van der Waals surface area (Å²) >= 11 is 0. The number of carbonyl (C=O) groups excluding carboxylic acids is 1. The van der Waals surface area contributed by atoms with Crippen molar-refractivity contribution in [1.29, 1.82) is 0 Å². The van der Waals surface area contributed by atoms with Crippen molar-refractivity contribution < 1.29 is 29.2 Å². The lowest BCUT2D eigenvalue weighted by molar-refractivity contribution is -0.0580. The van der Waals surface area contributed by atoms with Crippen molar-refractivity contribution in [3.8, 4) is 0 Å². The fourth-order valence-electron chi connectivity index (χ4n) is 4.67. The molecule has 0 spiro atoms. The van der Waals surface area contributed by atoms with Crippen LogP contribution in [0.2, 0.25) is 0 Å². The van der Waals surface area contributed by atoms with Crippen LogP contribution >= 0.6 is 0 Å². The number of fused-ring (bicyclic) bond motifs is 1. The zero-order valence-corrected chi connectivity index (χ0v) is 21.0. The molecule has 3 heterocycles. The predicted octanol–water partition coefficient (Wildman–Crippen LogP) is 2.12. The zero-order valence-electron chi connectivity index (χ0n) is 21.0. The third-order valence-electron chi connectivity index (χ3n) is 6.61. The lowest BCUT2D eigenvalue weighted by atomic mass is 9.91. The molecule has 2 aromatic heterocycles. The summed E-state index contributed by atoms with van der Waals surface area (Å²) < 4.78 is 17.3. The second-order valence-electron chi connectivity index (χ2n) is 8.97. The molecule has 4 aromatic rings. The molecule has 0 unspecified atom stereocenters. The smallest absolute Gasteiger partial charge is 0.376 e. The van der Waals surface area contributed by atoms with E-state index in [1.165, 1.54) is 25.1 Å². The van der Waals surface area contributed by atoms with Crippen LogP contribution in [0.25, 0.3) is 11.2 Å². The predicted molar refractivity (Wildman–Crippen MR) is 138 cm³/mol. The zero-order chi connectivity index (χ0) is 26.6.